The maximum atomic E-state index is 11.9. The fourth-order valence-electron chi connectivity index (χ4n) is 2.69. The molecule has 0 radical (unpaired) electrons. The second-order valence-electron chi connectivity index (χ2n) is 5.12. The second-order valence-corrected chi connectivity index (χ2v) is 5.12. The van der Waals surface area contributed by atoms with Gasteiger partial charge < -0.3 is 4.74 Å². The Balaban J connectivity index is 2.33. The summed E-state index contributed by atoms with van der Waals surface area (Å²) < 4.78 is 4.96. The number of rotatable bonds is 3. The lowest BCUT2D eigenvalue weighted by atomic mass is 9.95. The summed E-state index contributed by atoms with van der Waals surface area (Å²) in [5, 5.41) is 13.5. The van der Waals surface area contributed by atoms with E-state index in [1.54, 1.807) is 13.0 Å². The Morgan fingerprint density at radius 3 is 2.17 bits per heavy atom. The van der Waals surface area contributed by atoms with Gasteiger partial charge in [-0.25, -0.2) is 4.79 Å². The topological polar surface area (TPSA) is 50.1 Å². The van der Waals surface area contributed by atoms with Gasteiger partial charge in [-0.3, -0.25) is 0 Å². The highest BCUT2D eigenvalue weighted by Crippen LogP contribution is 2.30. The third-order valence-corrected chi connectivity index (χ3v) is 3.72. The van der Waals surface area contributed by atoms with E-state index in [2.05, 4.69) is 6.07 Å². The zero-order valence-corrected chi connectivity index (χ0v) is 12.7. The Kier molecular flexibility index (Phi) is 4.07. The van der Waals surface area contributed by atoms with E-state index in [1.165, 1.54) is 0 Å². The molecule has 112 valence electrons. The van der Waals surface area contributed by atoms with E-state index in [9.17, 15) is 10.1 Å². The first kappa shape index (κ1) is 14.8. The van der Waals surface area contributed by atoms with Crippen LogP contribution in [0.15, 0.2) is 60.2 Å². The van der Waals surface area contributed by atoms with Gasteiger partial charge in [0, 0.05) is 0 Å². The van der Waals surface area contributed by atoms with Crippen LogP contribution in [0.2, 0.25) is 0 Å². The summed E-state index contributed by atoms with van der Waals surface area (Å²) in [5.74, 6) is -0.591. The van der Waals surface area contributed by atoms with Gasteiger partial charge >= 0.3 is 5.97 Å². The van der Waals surface area contributed by atoms with Gasteiger partial charge in [0.1, 0.15) is 11.6 Å². The van der Waals surface area contributed by atoms with Crippen LogP contribution < -0.4 is 0 Å². The molecule has 0 saturated carbocycles. The predicted molar refractivity (Wildman–Crippen MR) is 91.7 cm³/mol. The Labute approximate surface area is 134 Å². The van der Waals surface area contributed by atoms with Crippen LogP contribution in [0, 0.1) is 11.3 Å². The van der Waals surface area contributed by atoms with Crippen molar-refractivity contribution >= 4 is 33.6 Å². The lowest BCUT2D eigenvalue weighted by Crippen LogP contribution is -2.06. The minimum absolute atomic E-state index is 0.00774. The largest absolute Gasteiger partial charge is 0.462 e. The van der Waals surface area contributed by atoms with Crippen LogP contribution >= 0.6 is 0 Å². The van der Waals surface area contributed by atoms with Crippen molar-refractivity contribution in [3.8, 4) is 6.07 Å². The molecule has 0 heterocycles. The Morgan fingerprint density at radius 2 is 1.65 bits per heavy atom. The summed E-state index contributed by atoms with van der Waals surface area (Å²) in [7, 11) is 0. The first-order chi connectivity index (χ1) is 11.2. The molecule has 3 rings (SSSR count). The van der Waals surface area contributed by atoms with E-state index < -0.39 is 5.97 Å². The molecule has 0 aliphatic heterocycles. The molecule has 0 N–H and O–H groups in total. The van der Waals surface area contributed by atoms with Crippen molar-refractivity contribution in [3.63, 3.8) is 0 Å². The lowest BCUT2D eigenvalue weighted by molar-refractivity contribution is -0.137. The molecule has 3 aromatic rings. The highest BCUT2D eigenvalue weighted by atomic mass is 16.5. The van der Waals surface area contributed by atoms with Crippen LogP contribution in [0.25, 0.3) is 27.6 Å². The number of hydrogen-bond donors (Lipinski definition) is 0. The average molecular weight is 301 g/mol. The van der Waals surface area contributed by atoms with E-state index >= 15 is 0 Å². The summed E-state index contributed by atoms with van der Waals surface area (Å²) >= 11 is 0. The van der Waals surface area contributed by atoms with E-state index in [4.69, 9.17) is 4.74 Å². The van der Waals surface area contributed by atoms with Gasteiger partial charge in [0.2, 0.25) is 0 Å². The predicted octanol–water partition coefficient (Wildman–Crippen LogP) is 4.46. The summed E-state index contributed by atoms with van der Waals surface area (Å²) in [5.41, 5.74) is 0.872. The smallest absolute Gasteiger partial charge is 0.348 e. The van der Waals surface area contributed by atoms with Crippen LogP contribution in [-0.2, 0) is 9.53 Å². The zero-order valence-electron chi connectivity index (χ0n) is 12.7. The van der Waals surface area contributed by atoms with Crippen LogP contribution in [0.5, 0.6) is 0 Å². The van der Waals surface area contributed by atoms with Crippen LogP contribution in [0.3, 0.4) is 0 Å². The average Bonchev–Trinajstić information content (AvgIpc) is 2.58. The minimum atomic E-state index is -0.591. The molecule has 0 aromatic heterocycles. The summed E-state index contributed by atoms with van der Waals surface area (Å²) in [4.78, 5) is 11.9. The molecule has 0 atom stereocenters. The number of carbonyl (C=O) groups is 1. The molecule has 0 bridgehead atoms. The summed E-state index contributed by atoms with van der Waals surface area (Å²) in [6, 6.07) is 19.9. The van der Waals surface area contributed by atoms with Crippen molar-refractivity contribution in [1.82, 2.24) is 0 Å². The fourth-order valence-corrected chi connectivity index (χ4v) is 2.69. The normalized spacial score (nSPS) is 11.4. The van der Waals surface area contributed by atoms with Gasteiger partial charge in [-0.2, -0.15) is 5.26 Å². The van der Waals surface area contributed by atoms with E-state index in [-0.39, 0.29) is 12.2 Å². The van der Waals surface area contributed by atoms with Crippen molar-refractivity contribution in [1.29, 1.82) is 5.26 Å². The molecule has 23 heavy (non-hydrogen) atoms. The zero-order chi connectivity index (χ0) is 16.2. The monoisotopic (exact) mass is 301 g/mol. The molecule has 0 fully saturated rings. The van der Waals surface area contributed by atoms with Gasteiger partial charge in [0.05, 0.1) is 6.61 Å². The number of ether oxygens (including phenoxy) is 1. The number of benzene rings is 3. The van der Waals surface area contributed by atoms with Gasteiger partial charge in [0.15, 0.2) is 0 Å². The van der Waals surface area contributed by atoms with E-state index in [1.807, 2.05) is 54.6 Å². The molecule has 0 aliphatic rings. The standard InChI is InChI=1S/C20H15NO2/c1-2-23-20(22)16(13-21)12-19-17-9-5-3-7-14(17)11-15-8-4-6-10-18(15)19/h3-12H,2H2,1H3/b16-12-. The van der Waals surface area contributed by atoms with Crippen LogP contribution in [-0.4, -0.2) is 12.6 Å². The van der Waals surface area contributed by atoms with E-state index in [0.717, 1.165) is 27.1 Å². The summed E-state index contributed by atoms with van der Waals surface area (Å²) in [6.45, 7) is 1.97. The van der Waals surface area contributed by atoms with Gasteiger partial charge in [-0.1, -0.05) is 48.5 Å². The maximum Gasteiger partial charge on any atom is 0.348 e. The molecule has 3 nitrogen and oxygen atoms in total. The number of esters is 1. The SMILES string of the molecule is CCOC(=O)/C(C#N)=C\c1c2ccccc2cc2ccccc12. The fraction of sp³-hybridized carbons (Fsp3) is 0.100. The lowest BCUT2D eigenvalue weighted by Gasteiger charge is -2.09. The van der Waals surface area contributed by atoms with Crippen molar-refractivity contribution in [2.75, 3.05) is 6.61 Å². The quantitative estimate of drug-likeness (QED) is 0.310. The number of carbonyl (C=O) groups excluding carboxylic acids is 1. The molecule has 0 unspecified atom stereocenters. The molecule has 3 heteroatoms. The van der Waals surface area contributed by atoms with E-state index in [0.29, 0.717) is 0 Å². The number of hydrogen-bond acceptors (Lipinski definition) is 3. The number of nitrogens with zero attached hydrogens (tertiary/aromatic N) is 1. The van der Waals surface area contributed by atoms with Crippen LogP contribution in [0.4, 0.5) is 0 Å². The molecular weight excluding hydrogens is 286 g/mol. The highest BCUT2D eigenvalue weighted by Gasteiger charge is 2.12. The Bertz CT molecular complexity index is 910. The third kappa shape index (κ3) is 2.79. The number of fused-ring (bicyclic) bond motifs is 2. The maximum absolute atomic E-state index is 11.9. The van der Waals surface area contributed by atoms with Crippen molar-refractivity contribution < 1.29 is 9.53 Å². The second kappa shape index (κ2) is 6.33. The third-order valence-electron chi connectivity index (χ3n) is 3.72. The molecule has 0 spiro atoms. The summed E-state index contributed by atoms with van der Waals surface area (Å²) in [6.07, 6.45) is 1.63. The molecule has 0 amide bonds. The Morgan fingerprint density at radius 1 is 1.09 bits per heavy atom. The molecular formula is C20H15NO2. The van der Waals surface area contributed by atoms with Crippen LogP contribution in [0.1, 0.15) is 12.5 Å². The molecule has 3 aromatic carbocycles. The number of nitriles is 1. The minimum Gasteiger partial charge on any atom is -0.462 e. The molecule has 0 aliphatic carbocycles. The first-order valence-electron chi connectivity index (χ1n) is 7.44. The van der Waals surface area contributed by atoms with Gasteiger partial charge in [0.25, 0.3) is 0 Å². The van der Waals surface area contributed by atoms with Crippen molar-refractivity contribution in [2.45, 2.75) is 6.92 Å². The van der Waals surface area contributed by atoms with Crippen molar-refractivity contribution in [2.24, 2.45) is 0 Å². The van der Waals surface area contributed by atoms with Crippen molar-refractivity contribution in [3.05, 3.63) is 65.7 Å². The van der Waals surface area contributed by atoms with Gasteiger partial charge in [-0.05, 0) is 46.2 Å². The molecule has 0 saturated heterocycles. The Hall–Kier alpha value is -3.12. The highest BCUT2D eigenvalue weighted by molar-refractivity contribution is 6.10. The first-order valence-corrected chi connectivity index (χ1v) is 7.44. The van der Waals surface area contributed by atoms with Gasteiger partial charge in [-0.15, -0.1) is 0 Å².